The quantitative estimate of drug-likeness (QED) is 0.740. The summed E-state index contributed by atoms with van der Waals surface area (Å²) < 4.78 is 0. The van der Waals surface area contributed by atoms with Gasteiger partial charge in [-0.3, -0.25) is 4.79 Å². The Morgan fingerprint density at radius 3 is 2.69 bits per heavy atom. The van der Waals surface area contributed by atoms with E-state index in [2.05, 4.69) is 13.8 Å². The Morgan fingerprint density at radius 1 is 1.38 bits per heavy atom. The molecule has 0 aromatic carbocycles. The van der Waals surface area contributed by atoms with Crippen LogP contribution in [0.3, 0.4) is 0 Å². The zero-order valence-corrected chi connectivity index (χ0v) is 10.7. The van der Waals surface area contributed by atoms with Crippen LogP contribution in [0.15, 0.2) is 0 Å². The van der Waals surface area contributed by atoms with Crippen molar-refractivity contribution in [2.24, 2.45) is 17.8 Å². The number of hydrogen-bond donors (Lipinski definition) is 1. The molecule has 3 atom stereocenters. The van der Waals surface area contributed by atoms with Gasteiger partial charge in [0.2, 0.25) is 0 Å². The number of carboxylic acids is 1. The topological polar surface area (TPSA) is 37.3 Å². The lowest BCUT2D eigenvalue weighted by molar-refractivity contribution is -0.137. The summed E-state index contributed by atoms with van der Waals surface area (Å²) in [6.07, 6.45) is 9.05. The van der Waals surface area contributed by atoms with E-state index in [0.717, 1.165) is 18.3 Å². The average molecular weight is 226 g/mol. The summed E-state index contributed by atoms with van der Waals surface area (Å²) in [5.74, 6) is 1.61. The molecule has 2 nitrogen and oxygen atoms in total. The Bertz CT molecular complexity index is 213. The molecular weight excluding hydrogens is 200 g/mol. The second kappa shape index (κ2) is 6.93. The second-order valence-corrected chi connectivity index (χ2v) is 5.41. The highest BCUT2D eigenvalue weighted by Gasteiger charge is 2.28. The minimum Gasteiger partial charge on any atom is -0.481 e. The molecule has 16 heavy (non-hydrogen) atoms. The molecule has 1 rings (SSSR count). The van der Waals surface area contributed by atoms with Crippen molar-refractivity contribution in [1.29, 1.82) is 0 Å². The summed E-state index contributed by atoms with van der Waals surface area (Å²) in [5.41, 5.74) is 0. The molecule has 0 aromatic rings. The number of hydrogen-bond acceptors (Lipinski definition) is 1. The van der Waals surface area contributed by atoms with Crippen LogP contribution in [0.25, 0.3) is 0 Å². The van der Waals surface area contributed by atoms with Crippen molar-refractivity contribution in [3.05, 3.63) is 0 Å². The largest absolute Gasteiger partial charge is 0.481 e. The molecule has 0 aliphatic heterocycles. The van der Waals surface area contributed by atoms with Gasteiger partial charge in [0.05, 0.1) is 0 Å². The first-order valence-corrected chi connectivity index (χ1v) is 6.87. The maximum absolute atomic E-state index is 10.6. The average Bonchev–Trinajstić information content (AvgIpc) is 2.27. The first-order chi connectivity index (χ1) is 7.65. The number of carboxylic acid groups (broad SMARTS) is 1. The predicted octanol–water partition coefficient (Wildman–Crippen LogP) is 4.09. The van der Waals surface area contributed by atoms with Crippen LogP contribution in [-0.2, 0) is 4.79 Å². The summed E-state index contributed by atoms with van der Waals surface area (Å²) in [6, 6.07) is 0. The van der Waals surface area contributed by atoms with E-state index in [1.165, 1.54) is 38.5 Å². The molecule has 0 saturated heterocycles. The van der Waals surface area contributed by atoms with Gasteiger partial charge in [0.15, 0.2) is 0 Å². The van der Waals surface area contributed by atoms with Gasteiger partial charge < -0.3 is 5.11 Å². The zero-order valence-electron chi connectivity index (χ0n) is 10.7. The van der Waals surface area contributed by atoms with E-state index >= 15 is 0 Å². The Kier molecular flexibility index (Phi) is 5.86. The molecule has 1 N–H and O–H groups in total. The second-order valence-electron chi connectivity index (χ2n) is 5.41. The Balaban J connectivity index is 2.46. The van der Waals surface area contributed by atoms with Gasteiger partial charge in [-0.2, -0.15) is 0 Å². The lowest BCUT2D eigenvalue weighted by Gasteiger charge is -2.35. The molecule has 0 bridgehead atoms. The lowest BCUT2D eigenvalue weighted by atomic mass is 9.70. The normalized spacial score (nSPS) is 27.6. The SMILES string of the molecule is CCCC(C)C1CCCCC1CCC(=O)O. The van der Waals surface area contributed by atoms with Crippen LogP contribution < -0.4 is 0 Å². The summed E-state index contributed by atoms with van der Waals surface area (Å²) in [6.45, 7) is 4.60. The van der Waals surface area contributed by atoms with Crippen molar-refractivity contribution >= 4 is 5.97 Å². The van der Waals surface area contributed by atoms with Crippen molar-refractivity contribution in [2.45, 2.75) is 65.2 Å². The van der Waals surface area contributed by atoms with Crippen molar-refractivity contribution < 1.29 is 9.90 Å². The molecule has 3 unspecified atom stereocenters. The molecule has 2 heteroatoms. The Hall–Kier alpha value is -0.530. The van der Waals surface area contributed by atoms with Gasteiger partial charge in [-0.15, -0.1) is 0 Å². The van der Waals surface area contributed by atoms with E-state index in [1.807, 2.05) is 0 Å². The van der Waals surface area contributed by atoms with Crippen molar-refractivity contribution in [3.8, 4) is 0 Å². The fraction of sp³-hybridized carbons (Fsp3) is 0.929. The zero-order chi connectivity index (χ0) is 12.0. The molecule has 0 heterocycles. The van der Waals surface area contributed by atoms with Crippen LogP contribution in [0.4, 0.5) is 0 Å². The van der Waals surface area contributed by atoms with Crippen molar-refractivity contribution in [1.82, 2.24) is 0 Å². The summed E-state index contributed by atoms with van der Waals surface area (Å²) in [7, 11) is 0. The lowest BCUT2D eigenvalue weighted by Crippen LogP contribution is -2.26. The summed E-state index contributed by atoms with van der Waals surface area (Å²) >= 11 is 0. The molecule has 94 valence electrons. The molecule has 0 spiro atoms. The fourth-order valence-electron chi connectivity index (χ4n) is 3.32. The van der Waals surface area contributed by atoms with Gasteiger partial charge in [-0.05, 0) is 30.6 Å². The molecule has 1 aliphatic rings. The highest BCUT2D eigenvalue weighted by molar-refractivity contribution is 5.66. The molecule has 1 saturated carbocycles. The van der Waals surface area contributed by atoms with Crippen LogP contribution in [-0.4, -0.2) is 11.1 Å². The number of rotatable bonds is 6. The van der Waals surface area contributed by atoms with Gasteiger partial charge >= 0.3 is 5.97 Å². The molecule has 1 fully saturated rings. The highest BCUT2D eigenvalue weighted by atomic mass is 16.4. The van der Waals surface area contributed by atoms with Crippen LogP contribution in [0.5, 0.6) is 0 Å². The first-order valence-electron chi connectivity index (χ1n) is 6.87. The summed E-state index contributed by atoms with van der Waals surface area (Å²) in [5, 5.41) is 8.77. The molecule has 0 radical (unpaired) electrons. The van der Waals surface area contributed by atoms with E-state index in [0.29, 0.717) is 12.3 Å². The highest BCUT2D eigenvalue weighted by Crippen LogP contribution is 2.39. The fourth-order valence-corrected chi connectivity index (χ4v) is 3.32. The Morgan fingerprint density at radius 2 is 2.06 bits per heavy atom. The third-order valence-corrected chi connectivity index (χ3v) is 4.17. The third kappa shape index (κ3) is 4.15. The smallest absolute Gasteiger partial charge is 0.303 e. The molecule has 0 amide bonds. The van der Waals surface area contributed by atoms with Gasteiger partial charge in [-0.1, -0.05) is 46.0 Å². The maximum Gasteiger partial charge on any atom is 0.303 e. The molecule has 1 aliphatic carbocycles. The minimum absolute atomic E-state index is 0.361. The van der Waals surface area contributed by atoms with E-state index < -0.39 is 5.97 Å². The molecular formula is C14H26O2. The maximum atomic E-state index is 10.6. The molecule has 0 aromatic heterocycles. The van der Waals surface area contributed by atoms with Gasteiger partial charge in [-0.25, -0.2) is 0 Å². The first kappa shape index (κ1) is 13.5. The van der Waals surface area contributed by atoms with Crippen LogP contribution >= 0.6 is 0 Å². The van der Waals surface area contributed by atoms with Crippen molar-refractivity contribution in [3.63, 3.8) is 0 Å². The Labute approximate surface area is 99.4 Å². The third-order valence-electron chi connectivity index (χ3n) is 4.17. The van der Waals surface area contributed by atoms with E-state index in [1.54, 1.807) is 0 Å². The summed E-state index contributed by atoms with van der Waals surface area (Å²) in [4.78, 5) is 10.6. The standard InChI is InChI=1S/C14H26O2/c1-3-6-11(2)13-8-5-4-7-12(13)9-10-14(15)16/h11-13H,3-10H2,1-2H3,(H,15,16). The van der Waals surface area contributed by atoms with Crippen LogP contribution in [0, 0.1) is 17.8 Å². The van der Waals surface area contributed by atoms with Crippen molar-refractivity contribution in [2.75, 3.05) is 0 Å². The van der Waals surface area contributed by atoms with E-state index in [9.17, 15) is 4.79 Å². The van der Waals surface area contributed by atoms with E-state index in [-0.39, 0.29) is 0 Å². The predicted molar refractivity (Wildman–Crippen MR) is 66.4 cm³/mol. The van der Waals surface area contributed by atoms with Gasteiger partial charge in [0.1, 0.15) is 0 Å². The van der Waals surface area contributed by atoms with Crippen LogP contribution in [0.2, 0.25) is 0 Å². The number of aliphatic carboxylic acids is 1. The number of carbonyl (C=O) groups is 1. The van der Waals surface area contributed by atoms with Crippen LogP contribution in [0.1, 0.15) is 65.2 Å². The van der Waals surface area contributed by atoms with E-state index in [4.69, 9.17) is 5.11 Å². The minimum atomic E-state index is -0.632. The van der Waals surface area contributed by atoms with Gasteiger partial charge in [0, 0.05) is 6.42 Å². The monoisotopic (exact) mass is 226 g/mol. The van der Waals surface area contributed by atoms with Gasteiger partial charge in [0.25, 0.3) is 0 Å².